The van der Waals surface area contributed by atoms with Gasteiger partial charge in [-0.05, 0) is 49.7 Å². The van der Waals surface area contributed by atoms with E-state index in [0.29, 0.717) is 11.4 Å². The number of rotatable bonds is 4. The first kappa shape index (κ1) is 18.0. The van der Waals surface area contributed by atoms with Gasteiger partial charge in [-0.25, -0.2) is 19.7 Å². The van der Waals surface area contributed by atoms with E-state index in [9.17, 15) is 4.79 Å². The molecule has 26 heavy (non-hydrogen) atoms. The highest BCUT2D eigenvalue weighted by molar-refractivity contribution is 9.10. The zero-order valence-electron chi connectivity index (χ0n) is 14.4. The van der Waals surface area contributed by atoms with E-state index < -0.39 is 6.09 Å². The smallest absolute Gasteiger partial charge is 0.421 e. The van der Waals surface area contributed by atoms with Crippen LogP contribution in [0.15, 0.2) is 59.5 Å². The fraction of sp³-hybridized carbons (Fsp3) is 0.158. The van der Waals surface area contributed by atoms with Crippen molar-refractivity contribution in [3.8, 4) is 11.3 Å². The van der Waals surface area contributed by atoms with Crippen molar-refractivity contribution in [2.45, 2.75) is 13.8 Å². The number of hydrogen-bond donors (Lipinski definition) is 0. The maximum absolute atomic E-state index is 12.7. The Hall–Kier alpha value is -2.80. The molecule has 132 valence electrons. The van der Waals surface area contributed by atoms with Gasteiger partial charge in [-0.15, -0.1) is 0 Å². The number of aromatic nitrogens is 3. The summed E-state index contributed by atoms with van der Waals surface area (Å²) in [7, 11) is 0. The Morgan fingerprint density at radius 1 is 1.23 bits per heavy atom. The van der Waals surface area contributed by atoms with E-state index in [1.165, 1.54) is 4.90 Å². The molecule has 0 aliphatic rings. The number of hydrogen-bond acceptors (Lipinski definition) is 5. The van der Waals surface area contributed by atoms with Crippen molar-refractivity contribution in [2.24, 2.45) is 0 Å². The molecular formula is C19H17BrN4O2. The molecule has 0 unspecified atom stereocenters. The van der Waals surface area contributed by atoms with Crippen LogP contribution in [0.5, 0.6) is 0 Å². The number of aryl methyl sites for hydroxylation is 1. The van der Waals surface area contributed by atoms with Gasteiger partial charge in [-0.1, -0.05) is 22.0 Å². The van der Waals surface area contributed by atoms with E-state index in [1.54, 1.807) is 31.6 Å². The van der Waals surface area contributed by atoms with Crippen LogP contribution in [0.1, 0.15) is 12.5 Å². The van der Waals surface area contributed by atoms with Gasteiger partial charge in [0.1, 0.15) is 0 Å². The fourth-order valence-corrected chi connectivity index (χ4v) is 2.78. The monoisotopic (exact) mass is 412 g/mol. The molecule has 0 atom stereocenters. The molecule has 3 aromatic rings. The summed E-state index contributed by atoms with van der Waals surface area (Å²) < 4.78 is 6.08. The average molecular weight is 413 g/mol. The van der Waals surface area contributed by atoms with Gasteiger partial charge in [0.15, 0.2) is 0 Å². The molecule has 0 saturated carbocycles. The van der Waals surface area contributed by atoms with Crippen molar-refractivity contribution >= 4 is 33.7 Å². The van der Waals surface area contributed by atoms with Crippen LogP contribution in [0.4, 0.5) is 16.4 Å². The number of halogens is 1. The van der Waals surface area contributed by atoms with E-state index >= 15 is 0 Å². The number of carbonyl (C=O) groups is 1. The van der Waals surface area contributed by atoms with Gasteiger partial charge in [-0.3, -0.25) is 4.98 Å². The Morgan fingerprint density at radius 2 is 2.08 bits per heavy atom. The third-order valence-electron chi connectivity index (χ3n) is 3.66. The number of benzene rings is 1. The Kier molecular flexibility index (Phi) is 5.58. The summed E-state index contributed by atoms with van der Waals surface area (Å²) in [6.07, 6.45) is 4.49. The summed E-state index contributed by atoms with van der Waals surface area (Å²) in [5.41, 5.74) is 3.06. The summed E-state index contributed by atoms with van der Waals surface area (Å²) >= 11 is 3.45. The van der Waals surface area contributed by atoms with Gasteiger partial charge < -0.3 is 4.74 Å². The molecule has 0 N–H and O–H groups in total. The van der Waals surface area contributed by atoms with E-state index in [1.807, 2.05) is 37.3 Å². The number of ether oxygens (including phenoxy) is 1. The summed E-state index contributed by atoms with van der Waals surface area (Å²) in [4.78, 5) is 27.0. The minimum Gasteiger partial charge on any atom is -0.449 e. The number of amides is 1. The van der Waals surface area contributed by atoms with Crippen molar-refractivity contribution in [3.05, 3.63) is 65.0 Å². The maximum Gasteiger partial charge on any atom is 0.421 e. The maximum atomic E-state index is 12.7. The van der Waals surface area contributed by atoms with Crippen LogP contribution in [0.2, 0.25) is 0 Å². The first-order valence-electron chi connectivity index (χ1n) is 8.06. The first-order chi connectivity index (χ1) is 12.6. The van der Waals surface area contributed by atoms with Crippen molar-refractivity contribution in [2.75, 3.05) is 11.5 Å². The average Bonchev–Trinajstić information content (AvgIpc) is 2.66. The second-order valence-corrected chi connectivity index (χ2v) is 6.36. The zero-order chi connectivity index (χ0) is 18.5. The van der Waals surface area contributed by atoms with Gasteiger partial charge in [-0.2, -0.15) is 0 Å². The highest BCUT2D eigenvalue weighted by Gasteiger charge is 2.24. The van der Waals surface area contributed by atoms with Crippen LogP contribution in [0.3, 0.4) is 0 Å². The molecule has 0 bridgehead atoms. The van der Waals surface area contributed by atoms with Gasteiger partial charge in [0, 0.05) is 28.6 Å². The second-order valence-electron chi connectivity index (χ2n) is 5.45. The normalized spacial score (nSPS) is 10.4. The molecule has 2 heterocycles. The number of pyridine rings is 1. The van der Waals surface area contributed by atoms with E-state index in [4.69, 9.17) is 4.74 Å². The minimum atomic E-state index is -0.531. The van der Waals surface area contributed by atoms with Crippen LogP contribution in [0.25, 0.3) is 11.3 Å². The van der Waals surface area contributed by atoms with Crippen molar-refractivity contribution in [3.63, 3.8) is 0 Å². The second kappa shape index (κ2) is 8.05. The number of carbonyl (C=O) groups excluding carboxylic acids is 1. The molecule has 2 aromatic heterocycles. The lowest BCUT2D eigenvalue weighted by Gasteiger charge is -2.22. The molecule has 1 amide bonds. The van der Waals surface area contributed by atoms with E-state index in [2.05, 4.69) is 30.9 Å². The molecule has 1 aromatic carbocycles. The molecule has 0 fully saturated rings. The molecule has 7 heteroatoms. The van der Waals surface area contributed by atoms with Gasteiger partial charge in [0.25, 0.3) is 0 Å². The standard InChI is InChI=1S/C19H17BrN4O2/c1-3-26-19(25)24(17-11-15(20)7-6-13(17)2)18-22-10-8-16(23-18)14-5-4-9-21-12-14/h4-12H,3H2,1-2H3. The summed E-state index contributed by atoms with van der Waals surface area (Å²) in [5.74, 6) is 0.242. The van der Waals surface area contributed by atoms with Crippen molar-refractivity contribution in [1.82, 2.24) is 15.0 Å². The van der Waals surface area contributed by atoms with Crippen LogP contribution in [0, 0.1) is 6.92 Å². The number of nitrogens with zero attached hydrogens (tertiary/aromatic N) is 4. The molecule has 0 spiro atoms. The Bertz CT molecular complexity index is 918. The summed E-state index contributed by atoms with van der Waals surface area (Å²) in [6, 6.07) is 11.2. The molecule has 6 nitrogen and oxygen atoms in total. The lowest BCUT2D eigenvalue weighted by atomic mass is 10.2. The fourth-order valence-electron chi connectivity index (χ4n) is 2.43. The SMILES string of the molecule is CCOC(=O)N(c1nccc(-c2cccnc2)n1)c1cc(Br)ccc1C. The molecular weight excluding hydrogens is 396 g/mol. The minimum absolute atomic E-state index is 0.242. The molecule has 0 aliphatic carbocycles. The van der Waals surface area contributed by atoms with Crippen LogP contribution in [-0.4, -0.2) is 27.7 Å². The molecule has 0 radical (unpaired) electrons. The van der Waals surface area contributed by atoms with Crippen molar-refractivity contribution < 1.29 is 9.53 Å². The Labute approximate surface area is 160 Å². The molecule has 0 saturated heterocycles. The zero-order valence-corrected chi connectivity index (χ0v) is 16.0. The summed E-state index contributed by atoms with van der Waals surface area (Å²) in [6.45, 7) is 3.93. The highest BCUT2D eigenvalue weighted by Crippen LogP contribution is 2.30. The van der Waals surface area contributed by atoms with Crippen LogP contribution >= 0.6 is 15.9 Å². The Morgan fingerprint density at radius 3 is 2.81 bits per heavy atom. The molecule has 0 aliphatic heterocycles. The lowest BCUT2D eigenvalue weighted by Crippen LogP contribution is -2.29. The topological polar surface area (TPSA) is 68.2 Å². The third-order valence-corrected chi connectivity index (χ3v) is 4.16. The third kappa shape index (κ3) is 3.88. The quantitative estimate of drug-likeness (QED) is 0.608. The predicted octanol–water partition coefficient (Wildman–Crippen LogP) is 4.90. The van der Waals surface area contributed by atoms with E-state index in [0.717, 1.165) is 15.6 Å². The Balaban J connectivity index is 2.11. The van der Waals surface area contributed by atoms with Crippen LogP contribution < -0.4 is 4.90 Å². The van der Waals surface area contributed by atoms with Gasteiger partial charge in [0.05, 0.1) is 18.0 Å². The first-order valence-corrected chi connectivity index (χ1v) is 8.86. The molecule has 3 rings (SSSR count). The highest BCUT2D eigenvalue weighted by atomic mass is 79.9. The predicted molar refractivity (Wildman–Crippen MR) is 103 cm³/mol. The summed E-state index contributed by atoms with van der Waals surface area (Å²) in [5, 5.41) is 0. The largest absolute Gasteiger partial charge is 0.449 e. The number of anilines is 2. The van der Waals surface area contributed by atoms with Crippen LogP contribution in [-0.2, 0) is 4.74 Å². The van der Waals surface area contributed by atoms with Gasteiger partial charge >= 0.3 is 6.09 Å². The lowest BCUT2D eigenvalue weighted by molar-refractivity contribution is 0.162. The van der Waals surface area contributed by atoms with E-state index in [-0.39, 0.29) is 12.6 Å². The van der Waals surface area contributed by atoms with Gasteiger partial charge in [0.2, 0.25) is 5.95 Å². The van der Waals surface area contributed by atoms with Crippen molar-refractivity contribution in [1.29, 1.82) is 0 Å².